The molecule has 0 unspecified atom stereocenters. The minimum absolute atomic E-state index is 0.354. The second-order valence-corrected chi connectivity index (χ2v) is 5.78. The van der Waals surface area contributed by atoms with Crippen molar-refractivity contribution >= 4 is 18.5 Å². The van der Waals surface area contributed by atoms with Crippen molar-refractivity contribution in [3.8, 4) is 0 Å². The van der Waals surface area contributed by atoms with E-state index in [9.17, 15) is 0 Å². The minimum atomic E-state index is -0.456. The van der Waals surface area contributed by atoms with Gasteiger partial charge < -0.3 is 14.2 Å². The molecule has 0 N–H and O–H groups in total. The number of hydrogen-bond acceptors (Lipinski definition) is 5. The maximum absolute atomic E-state index is 5.94. The Kier molecular flexibility index (Phi) is 3.11. The van der Waals surface area contributed by atoms with Gasteiger partial charge in [0.1, 0.15) is 5.82 Å². The molecular formula is C12H20BN3O2. The van der Waals surface area contributed by atoms with Crippen LogP contribution in [0.2, 0.25) is 0 Å². The largest absolute Gasteiger partial charge is 0.516 e. The van der Waals surface area contributed by atoms with Crippen molar-refractivity contribution in [2.24, 2.45) is 0 Å². The Bertz CT molecular complexity index is 433. The fourth-order valence-corrected chi connectivity index (χ4v) is 1.66. The van der Waals surface area contributed by atoms with Gasteiger partial charge in [-0.05, 0) is 27.7 Å². The van der Waals surface area contributed by atoms with Crippen molar-refractivity contribution in [1.82, 2.24) is 9.97 Å². The molecule has 0 aromatic carbocycles. The van der Waals surface area contributed by atoms with Gasteiger partial charge in [-0.15, -0.1) is 0 Å². The van der Waals surface area contributed by atoms with Crippen LogP contribution < -0.4 is 10.5 Å². The second kappa shape index (κ2) is 4.21. The molecule has 1 aliphatic rings. The van der Waals surface area contributed by atoms with E-state index in [1.807, 2.05) is 46.7 Å². The second-order valence-electron chi connectivity index (χ2n) is 5.78. The highest BCUT2D eigenvalue weighted by atomic mass is 16.7. The van der Waals surface area contributed by atoms with Crippen LogP contribution in [0.25, 0.3) is 0 Å². The van der Waals surface area contributed by atoms with E-state index in [1.54, 1.807) is 12.4 Å². The van der Waals surface area contributed by atoms with Crippen LogP contribution in [0.3, 0.4) is 0 Å². The van der Waals surface area contributed by atoms with Gasteiger partial charge in [0.2, 0.25) is 0 Å². The zero-order valence-corrected chi connectivity index (χ0v) is 11.9. The molecule has 1 aliphatic heterocycles. The summed E-state index contributed by atoms with van der Waals surface area (Å²) in [4.78, 5) is 10.6. The van der Waals surface area contributed by atoms with Gasteiger partial charge in [-0.1, -0.05) is 0 Å². The molecule has 6 heteroatoms. The molecule has 98 valence electrons. The summed E-state index contributed by atoms with van der Waals surface area (Å²) >= 11 is 0. The Balaban J connectivity index is 2.27. The van der Waals surface area contributed by atoms with Crippen LogP contribution in [0.1, 0.15) is 27.7 Å². The quantitative estimate of drug-likeness (QED) is 0.727. The van der Waals surface area contributed by atoms with Crippen LogP contribution in [0, 0.1) is 0 Å². The van der Waals surface area contributed by atoms with Gasteiger partial charge in [0.15, 0.2) is 0 Å². The van der Waals surface area contributed by atoms with Crippen LogP contribution in [0.4, 0.5) is 5.82 Å². The molecule has 5 nitrogen and oxygen atoms in total. The van der Waals surface area contributed by atoms with E-state index < -0.39 is 7.12 Å². The van der Waals surface area contributed by atoms with Gasteiger partial charge in [0.05, 0.1) is 23.0 Å². The first kappa shape index (κ1) is 13.3. The standard InChI is InChI=1S/C12H20BN3O2/c1-11(2)12(3,4)18-13(17-11)9-7-14-8-10(15-9)16(5)6/h7-8H,1-6H3. The minimum Gasteiger partial charge on any atom is -0.398 e. The summed E-state index contributed by atoms with van der Waals surface area (Å²) in [5.74, 6) is 0.794. The topological polar surface area (TPSA) is 47.5 Å². The molecule has 1 aromatic heterocycles. The molecule has 1 saturated heterocycles. The van der Waals surface area contributed by atoms with Crippen molar-refractivity contribution in [1.29, 1.82) is 0 Å². The Morgan fingerprint density at radius 2 is 1.61 bits per heavy atom. The predicted octanol–water partition coefficient (Wildman–Crippen LogP) is 0.842. The number of hydrogen-bond donors (Lipinski definition) is 0. The SMILES string of the molecule is CN(C)c1cncc(B2OC(C)(C)C(C)(C)O2)n1. The molecular weight excluding hydrogens is 229 g/mol. The summed E-state index contributed by atoms with van der Waals surface area (Å²) in [6, 6.07) is 0. The van der Waals surface area contributed by atoms with Crippen molar-refractivity contribution in [2.75, 3.05) is 19.0 Å². The molecule has 18 heavy (non-hydrogen) atoms. The van der Waals surface area contributed by atoms with Gasteiger partial charge in [0, 0.05) is 20.3 Å². The Morgan fingerprint density at radius 1 is 1.06 bits per heavy atom. The third-order valence-electron chi connectivity index (χ3n) is 3.59. The summed E-state index contributed by atoms with van der Waals surface area (Å²) in [6.07, 6.45) is 3.41. The van der Waals surface area contributed by atoms with Crippen molar-refractivity contribution < 1.29 is 9.31 Å². The van der Waals surface area contributed by atoms with Crippen LogP contribution in [-0.2, 0) is 9.31 Å². The van der Waals surface area contributed by atoms with Crippen molar-refractivity contribution in [3.63, 3.8) is 0 Å². The number of rotatable bonds is 2. The fraction of sp³-hybridized carbons (Fsp3) is 0.667. The first-order chi connectivity index (χ1) is 8.23. The number of aromatic nitrogens is 2. The van der Waals surface area contributed by atoms with Crippen LogP contribution in [-0.4, -0.2) is 42.4 Å². The molecule has 1 aromatic rings. The van der Waals surface area contributed by atoms with Gasteiger partial charge in [-0.3, -0.25) is 4.98 Å². The van der Waals surface area contributed by atoms with Crippen LogP contribution >= 0.6 is 0 Å². The third kappa shape index (κ3) is 2.22. The zero-order valence-electron chi connectivity index (χ0n) is 11.9. The first-order valence-electron chi connectivity index (χ1n) is 6.08. The average Bonchev–Trinajstić information content (AvgIpc) is 2.48. The molecule has 0 aliphatic carbocycles. The zero-order chi connectivity index (χ0) is 13.6. The summed E-state index contributed by atoms with van der Waals surface area (Å²) in [5, 5.41) is 0. The van der Waals surface area contributed by atoms with E-state index in [4.69, 9.17) is 9.31 Å². The van der Waals surface area contributed by atoms with Crippen LogP contribution in [0.15, 0.2) is 12.4 Å². The first-order valence-corrected chi connectivity index (χ1v) is 6.08. The molecule has 2 heterocycles. The highest BCUT2D eigenvalue weighted by molar-refractivity contribution is 6.61. The fourth-order valence-electron chi connectivity index (χ4n) is 1.66. The average molecular weight is 249 g/mol. The van der Waals surface area contributed by atoms with Gasteiger partial charge in [-0.25, -0.2) is 4.98 Å². The molecule has 2 rings (SSSR count). The van der Waals surface area contributed by atoms with Gasteiger partial charge in [0.25, 0.3) is 0 Å². The van der Waals surface area contributed by atoms with Crippen molar-refractivity contribution in [2.45, 2.75) is 38.9 Å². The molecule has 1 fully saturated rings. The highest BCUT2D eigenvalue weighted by Gasteiger charge is 2.52. The number of anilines is 1. The normalized spacial score (nSPS) is 21.1. The van der Waals surface area contributed by atoms with Gasteiger partial charge in [-0.2, -0.15) is 0 Å². The van der Waals surface area contributed by atoms with Gasteiger partial charge >= 0.3 is 7.12 Å². The van der Waals surface area contributed by atoms with E-state index in [1.165, 1.54) is 0 Å². The molecule has 0 spiro atoms. The van der Waals surface area contributed by atoms with E-state index in [0.29, 0.717) is 5.59 Å². The van der Waals surface area contributed by atoms with E-state index in [-0.39, 0.29) is 11.2 Å². The summed E-state index contributed by atoms with van der Waals surface area (Å²) < 4.78 is 11.9. The third-order valence-corrected chi connectivity index (χ3v) is 3.59. The predicted molar refractivity (Wildman–Crippen MR) is 72.1 cm³/mol. The van der Waals surface area contributed by atoms with E-state index >= 15 is 0 Å². The summed E-state index contributed by atoms with van der Waals surface area (Å²) in [5.41, 5.74) is 0.000789. The molecule has 0 radical (unpaired) electrons. The van der Waals surface area contributed by atoms with Crippen LogP contribution in [0.5, 0.6) is 0 Å². The Hall–Kier alpha value is -1.14. The van der Waals surface area contributed by atoms with E-state index in [0.717, 1.165) is 5.82 Å². The van der Waals surface area contributed by atoms with Crippen molar-refractivity contribution in [3.05, 3.63) is 12.4 Å². The highest BCUT2D eigenvalue weighted by Crippen LogP contribution is 2.36. The monoisotopic (exact) mass is 249 g/mol. The lowest BCUT2D eigenvalue weighted by atomic mass is 9.85. The van der Waals surface area contributed by atoms with E-state index in [2.05, 4.69) is 9.97 Å². The maximum atomic E-state index is 5.94. The molecule has 0 amide bonds. The summed E-state index contributed by atoms with van der Waals surface area (Å²) in [6.45, 7) is 8.10. The Morgan fingerprint density at radius 3 is 2.11 bits per heavy atom. The lowest BCUT2D eigenvalue weighted by Gasteiger charge is -2.32. The molecule has 0 bridgehead atoms. The molecule has 0 atom stereocenters. The smallest absolute Gasteiger partial charge is 0.398 e. The maximum Gasteiger partial charge on any atom is 0.516 e. The Labute approximate surface area is 109 Å². The lowest BCUT2D eigenvalue weighted by molar-refractivity contribution is 0.00578. The molecule has 0 saturated carbocycles. The lowest BCUT2D eigenvalue weighted by Crippen LogP contribution is -2.41. The number of nitrogens with zero attached hydrogens (tertiary/aromatic N) is 3. The summed E-state index contributed by atoms with van der Waals surface area (Å²) in [7, 11) is 3.40.